The zero-order valence-corrected chi connectivity index (χ0v) is 18.4. The molecule has 34 heavy (non-hydrogen) atoms. The molecule has 8 atom stereocenters. The van der Waals surface area contributed by atoms with Gasteiger partial charge in [-0.3, -0.25) is 9.80 Å². The monoisotopic (exact) mass is 504 g/mol. The predicted octanol–water partition coefficient (Wildman–Crippen LogP) is -7.37. The van der Waals surface area contributed by atoms with Crippen LogP contribution in [0.4, 0.5) is 0 Å². The van der Waals surface area contributed by atoms with Crippen molar-refractivity contribution in [3.63, 3.8) is 0 Å². The summed E-state index contributed by atoms with van der Waals surface area (Å²) in [5.41, 5.74) is 0. The number of aliphatic hydroxyl groups is 10. The van der Waals surface area contributed by atoms with Crippen LogP contribution in [-0.4, -0.2) is 184 Å². The fourth-order valence-corrected chi connectivity index (χ4v) is 2.86. The van der Waals surface area contributed by atoms with E-state index in [1.165, 1.54) is 39.3 Å². The van der Waals surface area contributed by atoms with Gasteiger partial charge in [-0.1, -0.05) is 0 Å². The van der Waals surface area contributed by atoms with Crippen molar-refractivity contribution >= 4 is 11.9 Å². The maximum Gasteiger partial charge on any atom is 0.335 e. The highest BCUT2D eigenvalue weighted by Crippen LogP contribution is 2.07. The van der Waals surface area contributed by atoms with E-state index in [9.17, 15) is 9.59 Å². The van der Waals surface area contributed by atoms with Gasteiger partial charge in [0.25, 0.3) is 0 Å². The van der Waals surface area contributed by atoms with E-state index in [2.05, 4.69) is 9.80 Å². The quantitative estimate of drug-likeness (QED) is 0.131. The van der Waals surface area contributed by atoms with E-state index in [4.69, 9.17) is 61.3 Å². The lowest BCUT2D eigenvalue weighted by molar-refractivity contribution is -0.164. The minimum atomic E-state index is -2.20. The SMILES string of the molecule is C1CN2CCN1CC2.O=C(O)[C@H](O)[C@@H](O)[C@H](O)[C@H](O)CO.O=C(O)[C@H](O)[C@@H](O)[C@H](O)[C@H](O)CO. The summed E-state index contributed by atoms with van der Waals surface area (Å²) in [7, 11) is 0. The lowest BCUT2D eigenvalue weighted by Gasteiger charge is -2.41. The lowest BCUT2D eigenvalue weighted by atomic mass is 10.0. The van der Waals surface area contributed by atoms with Gasteiger partial charge in [0, 0.05) is 39.3 Å². The van der Waals surface area contributed by atoms with Gasteiger partial charge in [-0.05, 0) is 0 Å². The molecule has 0 aliphatic carbocycles. The Hall–Kier alpha value is -1.54. The molecule has 0 aromatic rings. The highest BCUT2D eigenvalue weighted by atomic mass is 16.4. The summed E-state index contributed by atoms with van der Waals surface area (Å²) >= 11 is 0. The van der Waals surface area contributed by atoms with Crippen LogP contribution in [0.1, 0.15) is 0 Å². The van der Waals surface area contributed by atoms with Crippen molar-refractivity contribution in [1.29, 1.82) is 0 Å². The molecule has 2 bridgehead atoms. The van der Waals surface area contributed by atoms with Crippen molar-refractivity contribution in [3.05, 3.63) is 0 Å². The number of aliphatic carboxylic acids is 2. The molecule has 12 N–H and O–H groups in total. The van der Waals surface area contributed by atoms with Crippen molar-refractivity contribution in [3.8, 4) is 0 Å². The fourth-order valence-electron chi connectivity index (χ4n) is 2.86. The van der Waals surface area contributed by atoms with Gasteiger partial charge in [0.1, 0.15) is 36.6 Å². The molecule has 0 saturated carbocycles. The van der Waals surface area contributed by atoms with E-state index in [1.807, 2.05) is 0 Å². The Morgan fingerprint density at radius 3 is 0.912 bits per heavy atom. The topological polar surface area (TPSA) is 283 Å². The summed E-state index contributed by atoms with van der Waals surface area (Å²) in [4.78, 5) is 25.3. The number of hydrogen-bond donors (Lipinski definition) is 12. The molecule has 3 heterocycles. The summed E-state index contributed by atoms with van der Waals surface area (Å²) < 4.78 is 0. The van der Waals surface area contributed by atoms with Crippen LogP contribution in [-0.2, 0) is 9.59 Å². The number of nitrogens with zero attached hydrogens (tertiary/aromatic N) is 2. The third-order valence-electron chi connectivity index (χ3n) is 5.21. The van der Waals surface area contributed by atoms with Crippen LogP contribution in [0.3, 0.4) is 0 Å². The average Bonchev–Trinajstić information content (AvgIpc) is 2.86. The molecule has 0 aromatic carbocycles. The standard InChI is InChI=1S/C6H12N2.2C6H12O7/c1-2-8-5-3-7(1)4-6-8;2*7-1-2(8)3(9)4(10)5(11)6(12)13/h1-6H2;2*2-5,7-11H,1H2,(H,12,13)/t;2*2-,3-,4+,5-/m.11/s1. The summed E-state index contributed by atoms with van der Waals surface area (Å²) in [6.07, 6.45) is -15.7. The minimum absolute atomic E-state index is 0.843. The van der Waals surface area contributed by atoms with Gasteiger partial charge in [-0.25, -0.2) is 9.59 Å². The van der Waals surface area contributed by atoms with Gasteiger partial charge in [-0.15, -0.1) is 0 Å². The average molecular weight is 504 g/mol. The van der Waals surface area contributed by atoms with Gasteiger partial charge in [-0.2, -0.15) is 0 Å². The molecule has 0 amide bonds. The number of rotatable bonds is 10. The predicted molar refractivity (Wildman–Crippen MR) is 110 cm³/mol. The van der Waals surface area contributed by atoms with E-state index < -0.39 is 74.0 Å². The maximum absolute atomic E-state index is 10.1. The molecule has 0 spiro atoms. The number of aliphatic hydroxyl groups excluding tert-OH is 10. The smallest absolute Gasteiger partial charge is 0.335 e. The van der Waals surface area contributed by atoms with Crippen LogP contribution in [0.5, 0.6) is 0 Å². The summed E-state index contributed by atoms with van der Waals surface area (Å²) in [5, 5.41) is 104. The number of carboxylic acids is 2. The first-order valence-electron chi connectivity index (χ1n) is 10.3. The van der Waals surface area contributed by atoms with Gasteiger partial charge in [0.15, 0.2) is 12.2 Å². The fraction of sp³-hybridized carbons (Fsp3) is 0.889. The van der Waals surface area contributed by atoms with Crippen LogP contribution in [0.25, 0.3) is 0 Å². The van der Waals surface area contributed by atoms with Crippen LogP contribution >= 0.6 is 0 Å². The van der Waals surface area contributed by atoms with E-state index in [0.717, 1.165) is 0 Å². The van der Waals surface area contributed by atoms with Crippen LogP contribution < -0.4 is 0 Å². The summed E-state index contributed by atoms with van der Waals surface area (Å²) in [6, 6.07) is 0. The lowest BCUT2D eigenvalue weighted by Crippen LogP contribution is -2.55. The highest BCUT2D eigenvalue weighted by Gasteiger charge is 2.34. The zero-order valence-electron chi connectivity index (χ0n) is 18.4. The maximum atomic E-state index is 10.1. The Morgan fingerprint density at radius 2 is 0.765 bits per heavy atom. The second-order valence-electron chi connectivity index (χ2n) is 7.71. The van der Waals surface area contributed by atoms with Gasteiger partial charge < -0.3 is 61.3 Å². The molecule has 16 heteroatoms. The van der Waals surface area contributed by atoms with Crippen molar-refractivity contribution in [2.75, 3.05) is 52.5 Å². The highest BCUT2D eigenvalue weighted by molar-refractivity contribution is 5.73. The van der Waals surface area contributed by atoms with Crippen molar-refractivity contribution < 1.29 is 70.9 Å². The third kappa shape index (κ3) is 10.8. The van der Waals surface area contributed by atoms with Crippen LogP contribution in [0.2, 0.25) is 0 Å². The number of hydrogen-bond acceptors (Lipinski definition) is 14. The molecule has 3 aliphatic rings. The van der Waals surface area contributed by atoms with Gasteiger partial charge in [0.2, 0.25) is 0 Å². The molecular formula is C18H36N2O14. The molecule has 202 valence electrons. The first-order chi connectivity index (χ1) is 15.8. The summed E-state index contributed by atoms with van der Waals surface area (Å²) in [6.45, 7) is 6.23. The number of piperazine rings is 3. The van der Waals surface area contributed by atoms with Gasteiger partial charge >= 0.3 is 11.9 Å². The Morgan fingerprint density at radius 1 is 0.529 bits per heavy atom. The molecule has 3 aliphatic heterocycles. The minimum Gasteiger partial charge on any atom is -0.479 e. The van der Waals surface area contributed by atoms with Crippen LogP contribution in [0, 0.1) is 0 Å². The largest absolute Gasteiger partial charge is 0.479 e. The van der Waals surface area contributed by atoms with E-state index in [1.54, 1.807) is 0 Å². The Kier molecular flexibility index (Phi) is 15.5. The normalized spacial score (nSPS) is 26.2. The molecule has 3 fully saturated rings. The van der Waals surface area contributed by atoms with Crippen molar-refractivity contribution in [1.82, 2.24) is 9.80 Å². The van der Waals surface area contributed by atoms with Crippen molar-refractivity contribution in [2.45, 2.75) is 48.8 Å². The molecule has 3 saturated heterocycles. The first-order valence-corrected chi connectivity index (χ1v) is 10.3. The first kappa shape index (κ1) is 32.5. The number of carboxylic acid groups (broad SMARTS) is 2. The Bertz CT molecular complexity index is 530. The second-order valence-corrected chi connectivity index (χ2v) is 7.71. The molecular weight excluding hydrogens is 468 g/mol. The number of carbonyl (C=O) groups is 2. The molecule has 0 aromatic heterocycles. The second kappa shape index (κ2) is 16.2. The van der Waals surface area contributed by atoms with E-state index >= 15 is 0 Å². The van der Waals surface area contributed by atoms with E-state index in [-0.39, 0.29) is 0 Å². The third-order valence-corrected chi connectivity index (χ3v) is 5.21. The Labute approximate surface area is 194 Å². The van der Waals surface area contributed by atoms with Gasteiger partial charge in [0.05, 0.1) is 13.2 Å². The molecule has 0 radical (unpaired) electrons. The van der Waals surface area contributed by atoms with Crippen molar-refractivity contribution in [2.24, 2.45) is 0 Å². The summed E-state index contributed by atoms with van der Waals surface area (Å²) in [5.74, 6) is -3.45. The van der Waals surface area contributed by atoms with E-state index in [0.29, 0.717) is 0 Å². The molecule has 16 nitrogen and oxygen atoms in total. The zero-order chi connectivity index (χ0) is 26.6. The number of fused-ring (bicyclic) bond motifs is 3. The molecule has 0 unspecified atom stereocenters. The Balaban J connectivity index is 0.000000491. The molecule has 3 rings (SSSR count). The van der Waals surface area contributed by atoms with Crippen LogP contribution in [0.15, 0.2) is 0 Å².